The molecule has 0 aliphatic carbocycles. The highest BCUT2D eigenvalue weighted by atomic mass is 32.2. The lowest BCUT2D eigenvalue weighted by Gasteiger charge is -2.31. The molecule has 0 radical (unpaired) electrons. The first-order chi connectivity index (χ1) is 14.8. The highest BCUT2D eigenvalue weighted by Gasteiger charge is 2.37. The highest BCUT2D eigenvalue weighted by molar-refractivity contribution is 7.99. The number of carbonyl (C=O) groups excluding carboxylic acids is 1. The Morgan fingerprint density at radius 1 is 1.16 bits per heavy atom. The molecule has 1 aromatic heterocycles. The van der Waals surface area contributed by atoms with Crippen LogP contribution in [0.15, 0.2) is 23.1 Å². The van der Waals surface area contributed by atoms with Crippen LogP contribution in [0.3, 0.4) is 0 Å². The van der Waals surface area contributed by atoms with E-state index in [0.29, 0.717) is 11.0 Å². The van der Waals surface area contributed by atoms with Crippen LogP contribution in [0.1, 0.15) is 54.9 Å². The topological polar surface area (TPSA) is 101 Å². The zero-order chi connectivity index (χ0) is 24.2. The molecule has 0 saturated carbocycles. The number of ether oxygens (including phenoxy) is 1. The van der Waals surface area contributed by atoms with E-state index in [9.17, 15) is 9.36 Å². The van der Waals surface area contributed by atoms with Crippen molar-refractivity contribution >= 4 is 42.7 Å². The fraction of sp³-hybridized carbons (Fsp3) is 0.619. The van der Waals surface area contributed by atoms with E-state index in [1.807, 2.05) is 18.2 Å². The SMILES string of the molecule is CCCSc1ccc2c(c1)nc(NC(=O)OC)n2COP(=O)(OC(C)(C)C)OC(C)(C)C. The zero-order valence-corrected chi connectivity index (χ0v) is 21.8. The molecule has 0 atom stereocenters. The highest BCUT2D eigenvalue weighted by Crippen LogP contribution is 2.55. The van der Waals surface area contributed by atoms with Gasteiger partial charge in [-0.05, 0) is 71.9 Å². The minimum absolute atomic E-state index is 0.197. The minimum atomic E-state index is -3.96. The molecule has 2 aromatic rings. The summed E-state index contributed by atoms with van der Waals surface area (Å²) in [7, 11) is -2.70. The maximum Gasteiger partial charge on any atom is 0.477 e. The first kappa shape index (κ1) is 26.7. The van der Waals surface area contributed by atoms with Crippen LogP contribution in [0.5, 0.6) is 0 Å². The molecule has 11 heteroatoms. The number of nitrogens with zero attached hydrogens (tertiary/aromatic N) is 2. The van der Waals surface area contributed by atoms with E-state index in [0.717, 1.165) is 17.1 Å². The fourth-order valence-corrected chi connectivity index (χ4v) is 5.20. The predicted octanol–water partition coefficient (Wildman–Crippen LogP) is 6.43. The Hall–Kier alpha value is -1.58. The first-order valence-electron chi connectivity index (χ1n) is 10.4. The van der Waals surface area contributed by atoms with Crippen molar-refractivity contribution in [2.75, 3.05) is 18.2 Å². The molecule has 180 valence electrons. The second-order valence-corrected chi connectivity index (χ2v) is 11.8. The quantitative estimate of drug-likeness (QED) is 0.319. The lowest BCUT2D eigenvalue weighted by Crippen LogP contribution is -2.25. The van der Waals surface area contributed by atoms with Crippen molar-refractivity contribution < 1.29 is 27.7 Å². The summed E-state index contributed by atoms with van der Waals surface area (Å²) in [5.74, 6) is 1.18. The Balaban J connectivity index is 2.41. The standard InChI is InChI=1S/C21H34N3O6PS/c1-9-12-32-15-10-11-17-16(13-15)22-18(23-19(25)27-8)24(17)14-28-31(26,29-20(2,3)4)30-21(5,6)7/h10-11,13H,9,12,14H2,1-8H3,(H,22,23,25). The normalized spacial score (nSPS) is 12.9. The molecule has 2 rings (SSSR count). The summed E-state index contributed by atoms with van der Waals surface area (Å²) >= 11 is 1.72. The number of rotatable bonds is 9. The van der Waals surface area contributed by atoms with E-state index < -0.39 is 25.1 Å². The summed E-state index contributed by atoms with van der Waals surface area (Å²) in [6, 6.07) is 5.79. The van der Waals surface area contributed by atoms with Crippen molar-refractivity contribution in [1.29, 1.82) is 0 Å². The van der Waals surface area contributed by atoms with Gasteiger partial charge >= 0.3 is 13.9 Å². The van der Waals surface area contributed by atoms with Crippen LogP contribution in [0.25, 0.3) is 11.0 Å². The van der Waals surface area contributed by atoms with Crippen LogP contribution in [0.2, 0.25) is 0 Å². The number of phosphoric ester groups is 1. The Kier molecular flexibility index (Phi) is 8.81. The Bertz CT molecular complexity index is 960. The number of amides is 1. The number of hydrogen-bond acceptors (Lipinski definition) is 8. The Labute approximate surface area is 194 Å². The molecule has 1 amide bonds. The lowest BCUT2D eigenvalue weighted by molar-refractivity contribution is -0.00542. The van der Waals surface area contributed by atoms with Gasteiger partial charge in [0.15, 0.2) is 0 Å². The summed E-state index contributed by atoms with van der Waals surface area (Å²) in [5.41, 5.74) is -0.188. The van der Waals surface area contributed by atoms with Crippen molar-refractivity contribution in [3.63, 3.8) is 0 Å². The second-order valence-electron chi connectivity index (χ2n) is 9.09. The number of aromatic nitrogens is 2. The zero-order valence-electron chi connectivity index (χ0n) is 20.1. The second kappa shape index (κ2) is 10.6. The van der Waals surface area contributed by atoms with Gasteiger partial charge in [-0.15, -0.1) is 11.8 Å². The molecule has 0 fully saturated rings. The monoisotopic (exact) mass is 487 g/mol. The van der Waals surface area contributed by atoms with Gasteiger partial charge in [-0.3, -0.25) is 23.5 Å². The molecule has 1 aromatic carbocycles. The van der Waals surface area contributed by atoms with Gasteiger partial charge in [-0.1, -0.05) is 6.92 Å². The van der Waals surface area contributed by atoms with Crippen LogP contribution < -0.4 is 5.32 Å². The molecule has 32 heavy (non-hydrogen) atoms. The number of benzene rings is 1. The third-order valence-electron chi connectivity index (χ3n) is 3.71. The van der Waals surface area contributed by atoms with E-state index in [1.165, 1.54) is 7.11 Å². The number of phosphoric acid groups is 1. The summed E-state index contributed by atoms with van der Waals surface area (Å²) in [5, 5.41) is 2.58. The van der Waals surface area contributed by atoms with Gasteiger partial charge < -0.3 is 4.74 Å². The van der Waals surface area contributed by atoms with Crippen molar-refractivity contribution in [2.45, 2.75) is 77.7 Å². The number of methoxy groups -OCH3 is 1. The maximum atomic E-state index is 13.4. The molecular formula is C21H34N3O6PS. The molecule has 1 N–H and O–H groups in total. The summed E-state index contributed by atoms with van der Waals surface area (Å²) in [6.45, 7) is 12.5. The summed E-state index contributed by atoms with van der Waals surface area (Å²) in [4.78, 5) is 17.4. The molecular weight excluding hydrogens is 453 g/mol. The molecule has 0 spiro atoms. The Morgan fingerprint density at radius 2 is 1.78 bits per heavy atom. The Morgan fingerprint density at radius 3 is 2.31 bits per heavy atom. The largest absolute Gasteiger partial charge is 0.477 e. The molecule has 0 bridgehead atoms. The molecule has 0 aliphatic rings. The molecule has 0 saturated heterocycles. The molecule has 0 aliphatic heterocycles. The van der Waals surface area contributed by atoms with Gasteiger partial charge in [0.2, 0.25) is 5.95 Å². The maximum absolute atomic E-state index is 13.4. The van der Waals surface area contributed by atoms with Crippen LogP contribution in [0.4, 0.5) is 10.7 Å². The summed E-state index contributed by atoms with van der Waals surface area (Å²) < 4.78 is 36.8. The fourth-order valence-electron chi connectivity index (χ4n) is 2.66. The van der Waals surface area contributed by atoms with Crippen molar-refractivity contribution in [1.82, 2.24) is 9.55 Å². The number of hydrogen-bond donors (Lipinski definition) is 1. The van der Waals surface area contributed by atoms with Crippen LogP contribution in [-0.4, -0.2) is 39.7 Å². The van der Waals surface area contributed by atoms with E-state index in [2.05, 4.69) is 17.2 Å². The molecule has 1 heterocycles. The third kappa shape index (κ3) is 8.08. The van der Waals surface area contributed by atoms with E-state index >= 15 is 0 Å². The molecule has 9 nitrogen and oxygen atoms in total. The average molecular weight is 488 g/mol. The van der Waals surface area contributed by atoms with Gasteiger partial charge in [0, 0.05) is 4.90 Å². The number of nitrogens with one attached hydrogen (secondary N) is 1. The smallest absolute Gasteiger partial charge is 0.453 e. The van der Waals surface area contributed by atoms with Crippen LogP contribution in [-0.2, 0) is 29.6 Å². The van der Waals surface area contributed by atoms with Crippen molar-refractivity contribution in [3.05, 3.63) is 18.2 Å². The molecule has 0 unspecified atom stereocenters. The van der Waals surface area contributed by atoms with Gasteiger partial charge in [0.05, 0.1) is 29.3 Å². The van der Waals surface area contributed by atoms with Crippen molar-refractivity contribution in [3.8, 4) is 0 Å². The van der Waals surface area contributed by atoms with Gasteiger partial charge in [-0.2, -0.15) is 0 Å². The van der Waals surface area contributed by atoms with E-state index in [-0.39, 0.29) is 12.7 Å². The minimum Gasteiger partial charge on any atom is -0.453 e. The van der Waals surface area contributed by atoms with Gasteiger partial charge in [-0.25, -0.2) is 14.3 Å². The number of anilines is 1. The number of carbonyl (C=O) groups is 1. The van der Waals surface area contributed by atoms with Crippen LogP contribution >= 0.6 is 19.6 Å². The van der Waals surface area contributed by atoms with E-state index in [1.54, 1.807) is 57.9 Å². The van der Waals surface area contributed by atoms with Crippen molar-refractivity contribution in [2.24, 2.45) is 0 Å². The lowest BCUT2D eigenvalue weighted by atomic mass is 10.2. The van der Waals surface area contributed by atoms with Crippen LogP contribution in [0, 0.1) is 0 Å². The van der Waals surface area contributed by atoms with E-state index in [4.69, 9.17) is 18.3 Å². The summed E-state index contributed by atoms with van der Waals surface area (Å²) in [6.07, 6.45) is 0.374. The number of thioether (sulfide) groups is 1. The van der Waals surface area contributed by atoms with Gasteiger partial charge in [0.1, 0.15) is 6.73 Å². The number of imidazole rings is 1. The predicted molar refractivity (Wildman–Crippen MR) is 127 cm³/mol. The van der Waals surface area contributed by atoms with Gasteiger partial charge in [0.25, 0.3) is 0 Å². The average Bonchev–Trinajstić information content (AvgIpc) is 2.97. The number of fused-ring (bicyclic) bond motifs is 1. The first-order valence-corrected chi connectivity index (χ1v) is 12.8. The third-order valence-corrected chi connectivity index (χ3v) is 6.88.